The Balaban J connectivity index is 2.11. The molecule has 164 valence electrons. The van der Waals surface area contributed by atoms with Crippen LogP contribution in [0.4, 0.5) is 0 Å². The average molecular weight is 442 g/mol. The number of amidine groups is 1. The number of allylic oxidation sites excluding steroid dienone is 4. The molecule has 0 spiro atoms. The maximum absolute atomic E-state index is 5.02. The third-order valence-corrected chi connectivity index (χ3v) is 6.23. The highest BCUT2D eigenvalue weighted by Gasteiger charge is 2.35. The third kappa shape index (κ3) is 5.36. The van der Waals surface area contributed by atoms with Crippen LogP contribution in [0.1, 0.15) is 35.6 Å². The van der Waals surface area contributed by atoms with Gasteiger partial charge in [-0.05, 0) is 30.8 Å². The molecule has 3 nitrogen and oxygen atoms in total. The summed E-state index contributed by atoms with van der Waals surface area (Å²) in [4.78, 5) is 2.40. The summed E-state index contributed by atoms with van der Waals surface area (Å²) >= 11 is 0. The number of hydrazone groups is 1. The lowest BCUT2D eigenvalue weighted by atomic mass is 10.0. The summed E-state index contributed by atoms with van der Waals surface area (Å²) in [6.45, 7) is 12.1. The monoisotopic (exact) mass is 441 g/mol. The van der Waals surface area contributed by atoms with E-state index in [-0.39, 0.29) is 6.17 Å². The van der Waals surface area contributed by atoms with Gasteiger partial charge in [-0.3, -0.25) is 5.01 Å². The van der Waals surface area contributed by atoms with Gasteiger partial charge in [-0.2, -0.15) is 5.10 Å². The van der Waals surface area contributed by atoms with Crippen molar-refractivity contribution in [1.82, 2.24) is 9.91 Å². The fourth-order valence-corrected chi connectivity index (χ4v) is 4.74. The fourth-order valence-electron chi connectivity index (χ4n) is 3.81. The van der Waals surface area contributed by atoms with E-state index in [1.807, 2.05) is 18.2 Å². The van der Waals surface area contributed by atoms with Crippen LogP contribution in [0, 0.1) is 6.92 Å². The Kier molecular flexibility index (Phi) is 8.41. The lowest BCUT2D eigenvalue weighted by Crippen LogP contribution is -2.41. The van der Waals surface area contributed by atoms with Crippen molar-refractivity contribution in [2.24, 2.45) is 5.10 Å². The molecule has 32 heavy (non-hydrogen) atoms. The average Bonchev–Trinajstić information content (AvgIpc) is 3.13. The van der Waals surface area contributed by atoms with Gasteiger partial charge in [0, 0.05) is 30.0 Å². The largest absolute Gasteiger partial charge is 0.301 e. The van der Waals surface area contributed by atoms with E-state index in [4.69, 9.17) is 5.10 Å². The molecule has 4 heteroatoms. The molecule has 1 unspecified atom stereocenters. The first-order valence-corrected chi connectivity index (χ1v) is 12.1. The smallest absolute Gasteiger partial charge is 0.162 e. The zero-order valence-electron chi connectivity index (χ0n) is 19.3. The van der Waals surface area contributed by atoms with Gasteiger partial charge in [-0.25, -0.2) is 0 Å². The van der Waals surface area contributed by atoms with Crippen molar-refractivity contribution in [3.8, 4) is 0 Å². The molecule has 0 saturated heterocycles. The summed E-state index contributed by atoms with van der Waals surface area (Å²) in [5.41, 5.74) is 5.84. The highest BCUT2D eigenvalue weighted by Crippen LogP contribution is 2.33. The van der Waals surface area contributed by atoms with Gasteiger partial charge in [0.2, 0.25) is 0 Å². The number of hydrogen-bond donors (Lipinski definition) is 0. The van der Waals surface area contributed by atoms with Crippen molar-refractivity contribution < 1.29 is 0 Å². The number of nitrogens with zero attached hydrogens (tertiary/aromatic N) is 3. The maximum atomic E-state index is 5.02. The van der Waals surface area contributed by atoms with Crippen LogP contribution < -0.4 is 0 Å². The van der Waals surface area contributed by atoms with Gasteiger partial charge in [0.1, 0.15) is 6.17 Å². The summed E-state index contributed by atoms with van der Waals surface area (Å²) in [7, 11) is 3.30. The molecule has 2 aromatic rings. The van der Waals surface area contributed by atoms with E-state index in [9.17, 15) is 0 Å². The van der Waals surface area contributed by atoms with E-state index in [2.05, 4.69) is 104 Å². The molecule has 3 rings (SSSR count). The summed E-state index contributed by atoms with van der Waals surface area (Å²) in [6.07, 6.45) is 12.0. The molecular formula is C28H32N3P. The Bertz CT molecular complexity index is 1080. The van der Waals surface area contributed by atoms with Crippen LogP contribution in [0.5, 0.6) is 0 Å². The van der Waals surface area contributed by atoms with Gasteiger partial charge >= 0.3 is 0 Å². The number of hydrogen-bond acceptors (Lipinski definition) is 3. The second kappa shape index (κ2) is 11.5. The highest BCUT2D eigenvalue weighted by atomic mass is 31.1. The molecule has 0 aliphatic carbocycles. The minimum absolute atomic E-state index is 0.108. The van der Waals surface area contributed by atoms with E-state index in [0.29, 0.717) is 0 Å². The van der Waals surface area contributed by atoms with Gasteiger partial charge in [0.15, 0.2) is 5.84 Å². The molecule has 0 fully saturated rings. The molecule has 1 aliphatic rings. The van der Waals surface area contributed by atoms with Crippen molar-refractivity contribution in [3.05, 3.63) is 108 Å². The van der Waals surface area contributed by atoms with Crippen LogP contribution in [-0.4, -0.2) is 40.9 Å². The highest BCUT2D eigenvalue weighted by molar-refractivity contribution is 7.39. The van der Waals surface area contributed by atoms with Gasteiger partial charge in [0.05, 0.1) is 0 Å². The summed E-state index contributed by atoms with van der Waals surface area (Å²) in [5.74, 6) is 3.15. The van der Waals surface area contributed by atoms with Crippen LogP contribution >= 0.6 is 8.20 Å². The second-order valence-corrected chi connectivity index (χ2v) is 8.67. The van der Waals surface area contributed by atoms with Crippen molar-refractivity contribution in [1.29, 1.82) is 0 Å². The Morgan fingerprint density at radius 2 is 1.94 bits per heavy atom. The molecule has 0 saturated carbocycles. The first kappa shape index (κ1) is 23.5. The summed E-state index contributed by atoms with van der Waals surface area (Å²) in [5, 5.41) is 7.11. The topological polar surface area (TPSA) is 18.8 Å². The lowest BCUT2D eigenvalue weighted by molar-refractivity contribution is 0.224. The minimum atomic E-state index is 0.108. The molecule has 1 heterocycles. The van der Waals surface area contributed by atoms with Crippen molar-refractivity contribution in [2.75, 3.05) is 13.2 Å². The third-order valence-electron chi connectivity index (χ3n) is 5.31. The van der Waals surface area contributed by atoms with Crippen molar-refractivity contribution >= 4 is 31.6 Å². The number of rotatable bonds is 9. The van der Waals surface area contributed by atoms with Crippen LogP contribution in [-0.2, 0) is 0 Å². The zero-order chi connectivity index (χ0) is 22.9. The molecule has 1 atom stereocenters. The molecule has 2 aromatic carbocycles. The Hall–Kier alpha value is -3.16. The number of aryl methyl sites for hydroxylation is 1. The Morgan fingerprint density at radius 1 is 1.12 bits per heavy atom. The van der Waals surface area contributed by atoms with Crippen LogP contribution in [0.2, 0.25) is 0 Å². The fraction of sp³-hybridized carbons (Fsp3) is 0.214. The summed E-state index contributed by atoms with van der Waals surface area (Å²) < 4.78 is 0. The van der Waals surface area contributed by atoms with Gasteiger partial charge < -0.3 is 4.90 Å². The van der Waals surface area contributed by atoms with Gasteiger partial charge in [0.25, 0.3) is 0 Å². The van der Waals surface area contributed by atoms with Crippen LogP contribution in [0.3, 0.4) is 0 Å². The van der Waals surface area contributed by atoms with Crippen LogP contribution in [0.25, 0.3) is 11.8 Å². The normalized spacial score (nSPS) is 16.8. The molecule has 0 aromatic heterocycles. The van der Waals surface area contributed by atoms with Crippen molar-refractivity contribution in [2.45, 2.75) is 26.4 Å². The summed E-state index contributed by atoms with van der Waals surface area (Å²) in [6, 6.07) is 17.0. The molecule has 0 N–H and O–H groups in total. The molecule has 0 amide bonds. The Morgan fingerprint density at radius 3 is 2.66 bits per heavy atom. The predicted molar refractivity (Wildman–Crippen MR) is 143 cm³/mol. The zero-order valence-corrected chi connectivity index (χ0v) is 20.2. The second-order valence-electron chi connectivity index (χ2n) is 7.64. The van der Waals surface area contributed by atoms with E-state index >= 15 is 0 Å². The van der Waals surface area contributed by atoms with E-state index in [1.54, 1.807) is 6.08 Å². The molecular weight excluding hydrogens is 409 g/mol. The van der Waals surface area contributed by atoms with Crippen molar-refractivity contribution in [3.63, 3.8) is 0 Å². The van der Waals surface area contributed by atoms with E-state index < -0.39 is 0 Å². The van der Waals surface area contributed by atoms with Gasteiger partial charge in [-0.1, -0.05) is 98.5 Å². The maximum Gasteiger partial charge on any atom is 0.162 e. The quantitative estimate of drug-likeness (QED) is 0.314. The number of benzene rings is 2. The molecule has 0 radical (unpaired) electrons. The SMILES string of the molecule is C=C/C=C\C=P\CC1N(C)N=C(c2cccc(C)c2)N1/C(=C/CC)c1ccccc1C=C. The first-order valence-electron chi connectivity index (χ1n) is 11.0. The minimum Gasteiger partial charge on any atom is -0.301 e. The Labute approximate surface area is 194 Å². The predicted octanol–water partition coefficient (Wildman–Crippen LogP) is 6.81. The molecule has 1 aliphatic heterocycles. The van der Waals surface area contributed by atoms with E-state index in [1.165, 1.54) is 25.0 Å². The van der Waals surface area contributed by atoms with E-state index in [0.717, 1.165) is 29.5 Å². The lowest BCUT2D eigenvalue weighted by Gasteiger charge is -2.32. The first-order chi connectivity index (χ1) is 15.6. The van der Waals surface area contributed by atoms with Gasteiger partial charge in [-0.15, -0.1) is 8.20 Å². The molecule has 0 bridgehead atoms. The van der Waals surface area contributed by atoms with Crippen LogP contribution in [0.15, 0.2) is 91.1 Å². The standard InChI is InChI=1S/C28H32N3P/c1-6-9-12-19-32-21-27-30(5)29-28(24-17-13-15-22(4)20-24)31(27)26(14-7-2)25-18-11-10-16-23(25)8-3/h6,8-20,27H,1,3,7,21H2,2,4-5H3/b12-9-,26-14+.